The number of rotatable bonds is 7. The minimum Gasteiger partial charge on any atom is -0.478 e. The second-order valence-corrected chi connectivity index (χ2v) is 7.23. The van der Waals surface area contributed by atoms with Gasteiger partial charge in [0.25, 0.3) is 0 Å². The largest absolute Gasteiger partial charge is 0.478 e. The average Bonchev–Trinajstić information content (AvgIpc) is 3.16. The quantitative estimate of drug-likeness (QED) is 0.324. The number of benzene rings is 1. The zero-order valence-corrected chi connectivity index (χ0v) is 15.7. The zero-order valence-electron chi connectivity index (χ0n) is 15.7. The third kappa shape index (κ3) is 3.89. The van der Waals surface area contributed by atoms with Crippen molar-refractivity contribution in [3.05, 3.63) is 46.0 Å². The predicted molar refractivity (Wildman–Crippen MR) is 88.9 cm³/mol. The Balaban J connectivity index is 2.18. The van der Waals surface area contributed by atoms with Gasteiger partial charge in [-0.2, -0.15) is 0 Å². The molecule has 2 unspecified atom stereocenters. The first-order valence-electron chi connectivity index (χ1n) is 8.36. The second-order valence-electron chi connectivity index (χ2n) is 7.23. The number of halogens is 4. The van der Waals surface area contributed by atoms with Crippen molar-refractivity contribution in [3.63, 3.8) is 0 Å². The van der Waals surface area contributed by atoms with Gasteiger partial charge in [0, 0.05) is 12.7 Å². The minimum absolute atomic E-state index is 0.0448. The number of methoxy groups -OCH3 is 1. The maximum atomic E-state index is 14.1. The molecule has 1 aromatic carbocycles. The minimum atomic E-state index is -1.66. The molecule has 1 aliphatic rings. The summed E-state index contributed by atoms with van der Waals surface area (Å²) in [6.45, 7) is 3.11. The Hall–Kier alpha value is -2.42. The van der Waals surface area contributed by atoms with E-state index < -0.39 is 76.8 Å². The van der Waals surface area contributed by atoms with Crippen molar-refractivity contribution in [2.45, 2.75) is 34.0 Å². The molecule has 1 N–H and O–H groups in total. The van der Waals surface area contributed by atoms with Crippen LogP contribution in [0.2, 0.25) is 0 Å². The number of carbonyl (C=O) groups excluding carboxylic acids is 1. The highest BCUT2D eigenvalue weighted by Crippen LogP contribution is 2.59. The Labute approximate surface area is 158 Å². The van der Waals surface area contributed by atoms with Crippen molar-refractivity contribution >= 4 is 11.9 Å². The van der Waals surface area contributed by atoms with Gasteiger partial charge in [0.15, 0.2) is 23.3 Å². The highest BCUT2D eigenvalue weighted by molar-refractivity contribution is 5.86. The van der Waals surface area contributed by atoms with Crippen molar-refractivity contribution < 1.29 is 41.7 Å². The van der Waals surface area contributed by atoms with Crippen molar-refractivity contribution in [1.29, 1.82) is 0 Å². The van der Waals surface area contributed by atoms with E-state index in [4.69, 9.17) is 9.84 Å². The molecule has 1 fully saturated rings. The van der Waals surface area contributed by atoms with Gasteiger partial charge in [0.05, 0.1) is 23.7 Å². The van der Waals surface area contributed by atoms with Gasteiger partial charge in [-0.3, -0.25) is 4.79 Å². The smallest absolute Gasteiger partial charge is 0.330 e. The maximum absolute atomic E-state index is 14.1. The number of carbonyl (C=O) groups is 2. The third-order valence-corrected chi connectivity index (χ3v) is 5.02. The van der Waals surface area contributed by atoms with Crippen LogP contribution in [-0.4, -0.2) is 24.2 Å². The molecule has 1 aromatic rings. The van der Waals surface area contributed by atoms with Crippen LogP contribution in [-0.2, 0) is 32.3 Å². The van der Waals surface area contributed by atoms with Crippen LogP contribution in [0.15, 0.2) is 11.6 Å². The van der Waals surface area contributed by atoms with E-state index in [-0.39, 0.29) is 5.57 Å². The zero-order chi connectivity index (χ0) is 21.4. The van der Waals surface area contributed by atoms with E-state index in [0.29, 0.717) is 0 Å². The van der Waals surface area contributed by atoms with Gasteiger partial charge < -0.3 is 14.6 Å². The molecule has 1 aliphatic carbocycles. The van der Waals surface area contributed by atoms with Gasteiger partial charge in [-0.1, -0.05) is 19.9 Å². The van der Waals surface area contributed by atoms with E-state index in [0.717, 1.165) is 7.11 Å². The van der Waals surface area contributed by atoms with Crippen LogP contribution < -0.4 is 0 Å². The molecule has 0 bridgehead atoms. The van der Waals surface area contributed by atoms with Crippen LogP contribution in [0.1, 0.15) is 31.9 Å². The van der Waals surface area contributed by atoms with E-state index in [1.807, 2.05) is 0 Å². The normalized spacial score (nSPS) is 20.8. The van der Waals surface area contributed by atoms with Gasteiger partial charge in [-0.05, 0) is 18.3 Å². The number of ether oxygens (including phenoxy) is 2. The fourth-order valence-corrected chi connectivity index (χ4v) is 3.13. The first-order valence-corrected chi connectivity index (χ1v) is 8.36. The van der Waals surface area contributed by atoms with Gasteiger partial charge in [0.2, 0.25) is 0 Å². The van der Waals surface area contributed by atoms with Gasteiger partial charge in [-0.25, -0.2) is 22.4 Å². The van der Waals surface area contributed by atoms with E-state index in [1.165, 1.54) is 13.0 Å². The number of carboxylic acid groups (broad SMARTS) is 1. The summed E-state index contributed by atoms with van der Waals surface area (Å²) in [4.78, 5) is 23.2. The lowest BCUT2D eigenvalue weighted by molar-refractivity contribution is -0.147. The van der Waals surface area contributed by atoms with E-state index in [2.05, 4.69) is 4.74 Å². The molecule has 0 spiro atoms. The molecule has 0 radical (unpaired) electrons. The summed E-state index contributed by atoms with van der Waals surface area (Å²) >= 11 is 0. The second kappa shape index (κ2) is 7.90. The fraction of sp³-hybridized carbons (Fsp3) is 0.474. The number of carboxylic acids is 1. The van der Waals surface area contributed by atoms with Crippen LogP contribution >= 0.6 is 0 Å². The number of aliphatic carboxylic acids is 1. The molecule has 0 aliphatic heterocycles. The van der Waals surface area contributed by atoms with Crippen molar-refractivity contribution in [3.8, 4) is 0 Å². The highest BCUT2D eigenvalue weighted by atomic mass is 19.2. The summed E-state index contributed by atoms with van der Waals surface area (Å²) in [5.41, 5.74) is -2.52. The Kier molecular flexibility index (Phi) is 6.18. The predicted octanol–water partition coefficient (Wildman–Crippen LogP) is 3.74. The Morgan fingerprint density at radius 2 is 1.50 bits per heavy atom. The molecule has 5 nitrogen and oxygen atoms in total. The topological polar surface area (TPSA) is 72.8 Å². The molecule has 9 heteroatoms. The van der Waals surface area contributed by atoms with E-state index in [1.54, 1.807) is 13.8 Å². The number of hydrogen-bond donors (Lipinski definition) is 1. The van der Waals surface area contributed by atoms with Gasteiger partial charge in [0.1, 0.15) is 6.61 Å². The van der Waals surface area contributed by atoms with Crippen LogP contribution in [0.25, 0.3) is 0 Å². The van der Waals surface area contributed by atoms with Crippen molar-refractivity contribution in [2.24, 2.45) is 17.3 Å². The summed E-state index contributed by atoms with van der Waals surface area (Å²) in [5, 5.41) is 8.93. The summed E-state index contributed by atoms with van der Waals surface area (Å²) in [7, 11) is 1.11. The molecule has 2 rings (SSSR count). The Bertz CT molecular complexity index is 818. The first kappa shape index (κ1) is 21.9. The Morgan fingerprint density at radius 1 is 1.04 bits per heavy atom. The highest BCUT2D eigenvalue weighted by Gasteiger charge is 2.61. The molecule has 0 amide bonds. The van der Waals surface area contributed by atoms with Crippen molar-refractivity contribution in [2.75, 3.05) is 7.11 Å². The average molecular weight is 404 g/mol. The summed E-state index contributed by atoms with van der Waals surface area (Å²) in [6, 6.07) is 0. The van der Waals surface area contributed by atoms with E-state index in [9.17, 15) is 27.2 Å². The molecule has 0 saturated heterocycles. The number of hydrogen-bond acceptors (Lipinski definition) is 4. The lowest BCUT2D eigenvalue weighted by atomic mass is 10.1. The van der Waals surface area contributed by atoms with Crippen LogP contribution in [0.4, 0.5) is 17.6 Å². The number of allylic oxidation sites excluding steroid dienone is 1. The molecule has 2 atom stereocenters. The molecular weight excluding hydrogens is 384 g/mol. The number of esters is 1. The first-order chi connectivity index (χ1) is 12.9. The SMILES string of the molecule is COCc1c(F)c(F)c(COC(=O)C2C(C=C(C)C(=O)O)C2(C)C)c(F)c1F. The van der Waals surface area contributed by atoms with Crippen LogP contribution in [0, 0.1) is 40.5 Å². The van der Waals surface area contributed by atoms with Gasteiger partial charge >= 0.3 is 11.9 Å². The fourth-order valence-electron chi connectivity index (χ4n) is 3.13. The molecule has 154 valence electrons. The monoisotopic (exact) mass is 404 g/mol. The lowest BCUT2D eigenvalue weighted by Crippen LogP contribution is -2.15. The standard InChI is InChI=1S/C19H20F4O5/c1-8(17(24)25)5-11-12(19(11,2)3)18(26)28-7-10-15(22)13(20)9(6-27-4)14(21)16(10)23/h5,11-12H,6-7H2,1-4H3,(H,24,25). The Morgan fingerprint density at radius 3 is 1.93 bits per heavy atom. The van der Waals surface area contributed by atoms with Crippen molar-refractivity contribution in [1.82, 2.24) is 0 Å². The maximum Gasteiger partial charge on any atom is 0.330 e. The molecule has 28 heavy (non-hydrogen) atoms. The summed E-state index contributed by atoms with van der Waals surface area (Å²) in [6.07, 6.45) is 1.41. The van der Waals surface area contributed by atoms with Gasteiger partial charge in [-0.15, -0.1) is 0 Å². The van der Waals surface area contributed by atoms with E-state index >= 15 is 0 Å². The third-order valence-electron chi connectivity index (χ3n) is 5.02. The summed E-state index contributed by atoms with van der Waals surface area (Å²) < 4.78 is 65.4. The molecule has 0 aromatic heterocycles. The summed E-state index contributed by atoms with van der Waals surface area (Å²) in [5.74, 6) is -9.71. The molecule has 0 heterocycles. The lowest BCUT2D eigenvalue weighted by Gasteiger charge is -2.12. The van der Waals surface area contributed by atoms with Crippen LogP contribution in [0.3, 0.4) is 0 Å². The molecular formula is C19H20F4O5. The molecule has 1 saturated carbocycles. The van der Waals surface area contributed by atoms with Crippen LogP contribution in [0.5, 0.6) is 0 Å².